The number of hydrogen-bond acceptors (Lipinski definition) is 7. The number of rotatable bonds is 6. The van der Waals surface area contributed by atoms with Crippen molar-refractivity contribution in [1.29, 1.82) is 5.53 Å². The molecule has 0 bridgehead atoms. The first kappa shape index (κ1) is 20.7. The quantitative estimate of drug-likeness (QED) is 0.256. The van der Waals surface area contributed by atoms with Gasteiger partial charge in [0, 0.05) is 18.8 Å². The molecule has 4 rings (SSSR count). The van der Waals surface area contributed by atoms with Crippen LogP contribution in [0, 0.1) is 18.3 Å². The van der Waals surface area contributed by atoms with Gasteiger partial charge in [0.15, 0.2) is 5.82 Å². The van der Waals surface area contributed by atoms with Gasteiger partial charge in [0.05, 0.1) is 21.1 Å². The number of fused-ring (bicyclic) bond motifs is 1. The number of anilines is 3. The molecular weight excluding hydrogens is 463 g/mol. The summed E-state index contributed by atoms with van der Waals surface area (Å²) in [6.07, 6.45) is 1.39. The van der Waals surface area contributed by atoms with Crippen LogP contribution in [-0.2, 0) is 0 Å². The van der Waals surface area contributed by atoms with Gasteiger partial charge in [-0.15, -0.1) is 0 Å². The number of aromatic nitrogens is 2. The lowest BCUT2D eigenvalue weighted by Gasteiger charge is -2.13. The largest absolute Gasteiger partial charge is 0.457 e. The van der Waals surface area contributed by atoms with Crippen LogP contribution in [0.15, 0.2) is 64.4 Å². The maximum absolute atomic E-state index is 14.7. The third-order valence-electron chi connectivity index (χ3n) is 4.72. The van der Waals surface area contributed by atoms with E-state index in [9.17, 15) is 4.39 Å². The lowest BCUT2D eigenvalue weighted by atomic mass is 10.1. The van der Waals surface area contributed by atoms with Gasteiger partial charge < -0.3 is 15.4 Å². The fourth-order valence-corrected chi connectivity index (χ4v) is 3.50. The number of nitrogens with zero attached hydrogens (tertiary/aromatic N) is 3. The predicted octanol–water partition coefficient (Wildman–Crippen LogP) is 7.08. The van der Waals surface area contributed by atoms with Crippen LogP contribution >= 0.6 is 15.9 Å². The topological polar surface area (TPSA) is 95.3 Å². The van der Waals surface area contributed by atoms with Crippen LogP contribution in [0.1, 0.15) is 5.56 Å². The second kappa shape index (κ2) is 8.65. The lowest BCUT2D eigenvalue weighted by Crippen LogP contribution is -1.99. The Bertz CT molecular complexity index is 1300. The van der Waals surface area contributed by atoms with Crippen LogP contribution in [0.3, 0.4) is 0 Å². The Morgan fingerprint density at radius 3 is 2.68 bits per heavy atom. The smallest absolute Gasteiger partial charge is 0.150 e. The normalized spacial score (nSPS) is 10.7. The minimum atomic E-state index is -0.419. The van der Waals surface area contributed by atoms with Crippen LogP contribution in [0.4, 0.5) is 27.3 Å². The maximum Gasteiger partial charge on any atom is 0.150 e. The van der Waals surface area contributed by atoms with Crippen molar-refractivity contribution >= 4 is 49.7 Å². The van der Waals surface area contributed by atoms with Crippen molar-refractivity contribution in [2.24, 2.45) is 5.11 Å². The SMILES string of the molecule is CNc1ccc(Oc2ccc(Nc3ncnc4ccc(Br)c(F)c34)cc2C)cc1N=N. The van der Waals surface area contributed by atoms with Gasteiger partial charge in [-0.25, -0.2) is 19.9 Å². The maximum atomic E-state index is 14.7. The van der Waals surface area contributed by atoms with Gasteiger partial charge in [0.2, 0.25) is 0 Å². The zero-order chi connectivity index (χ0) is 22.0. The molecule has 0 amide bonds. The van der Waals surface area contributed by atoms with Crippen LogP contribution in [0.2, 0.25) is 0 Å². The highest BCUT2D eigenvalue weighted by Crippen LogP contribution is 2.35. The molecule has 0 fully saturated rings. The summed E-state index contributed by atoms with van der Waals surface area (Å²) in [6, 6.07) is 14.2. The van der Waals surface area contributed by atoms with Crippen molar-refractivity contribution in [2.75, 3.05) is 17.7 Å². The fourth-order valence-electron chi connectivity index (χ4n) is 3.17. The van der Waals surface area contributed by atoms with E-state index in [1.807, 2.05) is 25.1 Å². The Kier molecular flexibility index (Phi) is 5.77. The highest BCUT2D eigenvalue weighted by atomic mass is 79.9. The molecule has 0 atom stereocenters. The first-order valence-electron chi connectivity index (χ1n) is 9.33. The molecular formula is C22H18BrFN6O. The number of hydrogen-bond donors (Lipinski definition) is 3. The van der Waals surface area contributed by atoms with Gasteiger partial charge in [-0.2, -0.15) is 5.11 Å². The first-order chi connectivity index (χ1) is 15.0. The molecule has 0 radical (unpaired) electrons. The molecule has 7 nitrogen and oxygen atoms in total. The molecule has 3 N–H and O–H groups in total. The summed E-state index contributed by atoms with van der Waals surface area (Å²) in [7, 11) is 1.77. The van der Waals surface area contributed by atoms with Crippen LogP contribution in [-0.4, -0.2) is 17.0 Å². The molecule has 31 heavy (non-hydrogen) atoms. The molecule has 0 aliphatic heterocycles. The Labute approximate surface area is 186 Å². The molecule has 0 unspecified atom stereocenters. The van der Waals surface area contributed by atoms with E-state index in [1.54, 1.807) is 37.4 Å². The third kappa shape index (κ3) is 4.17. The number of ether oxygens (including phenoxy) is 1. The Morgan fingerprint density at radius 2 is 1.94 bits per heavy atom. The second-order valence-corrected chi connectivity index (χ2v) is 7.58. The van der Waals surface area contributed by atoms with Crippen molar-refractivity contribution in [3.63, 3.8) is 0 Å². The molecule has 3 aromatic carbocycles. The van der Waals surface area contributed by atoms with E-state index in [2.05, 4.69) is 41.6 Å². The van der Waals surface area contributed by atoms with E-state index < -0.39 is 5.82 Å². The van der Waals surface area contributed by atoms with Crippen molar-refractivity contribution in [1.82, 2.24) is 9.97 Å². The van der Waals surface area contributed by atoms with E-state index in [0.29, 0.717) is 38.4 Å². The van der Waals surface area contributed by atoms with Crippen molar-refractivity contribution in [2.45, 2.75) is 6.92 Å². The monoisotopic (exact) mass is 480 g/mol. The second-order valence-electron chi connectivity index (χ2n) is 6.73. The number of nitrogens with one attached hydrogen (secondary N) is 3. The summed E-state index contributed by atoms with van der Waals surface area (Å²) >= 11 is 3.21. The Hall–Kier alpha value is -3.59. The van der Waals surface area contributed by atoms with E-state index in [0.717, 1.165) is 16.9 Å². The van der Waals surface area contributed by atoms with E-state index in [1.165, 1.54) is 6.33 Å². The standard InChI is InChI=1S/C22H18BrFN6O/c1-12-9-13(29-22-20-17(27-11-28-22)7-5-15(23)21(20)24)3-8-19(12)31-14-4-6-16(26-2)18(10-14)30-25/h3-11,25-26H,1-2H3,(H,27,28,29). The summed E-state index contributed by atoms with van der Waals surface area (Å²) in [5.41, 5.74) is 10.6. The number of benzene rings is 3. The minimum Gasteiger partial charge on any atom is -0.457 e. The highest BCUT2D eigenvalue weighted by molar-refractivity contribution is 9.10. The van der Waals surface area contributed by atoms with Gasteiger partial charge in [-0.1, -0.05) is 0 Å². The zero-order valence-electron chi connectivity index (χ0n) is 16.7. The zero-order valence-corrected chi connectivity index (χ0v) is 18.3. The highest BCUT2D eigenvalue weighted by Gasteiger charge is 2.13. The van der Waals surface area contributed by atoms with Crippen molar-refractivity contribution < 1.29 is 9.13 Å². The molecule has 0 aliphatic rings. The van der Waals surface area contributed by atoms with Crippen LogP contribution in [0.5, 0.6) is 11.5 Å². The number of halogens is 2. The van der Waals surface area contributed by atoms with Crippen LogP contribution < -0.4 is 15.4 Å². The summed E-state index contributed by atoms with van der Waals surface area (Å²) in [5.74, 6) is 1.18. The molecule has 1 heterocycles. The molecule has 4 aromatic rings. The van der Waals surface area contributed by atoms with E-state index in [-0.39, 0.29) is 0 Å². The summed E-state index contributed by atoms with van der Waals surface area (Å²) in [5, 5.41) is 9.97. The van der Waals surface area contributed by atoms with Gasteiger partial charge in [0.25, 0.3) is 0 Å². The van der Waals surface area contributed by atoms with Gasteiger partial charge in [-0.05, 0) is 70.9 Å². The summed E-state index contributed by atoms with van der Waals surface area (Å²) in [6.45, 7) is 1.91. The minimum absolute atomic E-state index is 0.311. The third-order valence-corrected chi connectivity index (χ3v) is 5.33. The predicted molar refractivity (Wildman–Crippen MR) is 123 cm³/mol. The van der Waals surface area contributed by atoms with Crippen molar-refractivity contribution in [3.8, 4) is 11.5 Å². The van der Waals surface area contributed by atoms with Gasteiger partial charge in [0.1, 0.15) is 29.3 Å². The molecule has 156 valence electrons. The first-order valence-corrected chi connectivity index (χ1v) is 10.1. The van der Waals surface area contributed by atoms with Gasteiger partial charge in [-0.3, -0.25) is 0 Å². The lowest BCUT2D eigenvalue weighted by molar-refractivity contribution is 0.479. The van der Waals surface area contributed by atoms with Crippen LogP contribution in [0.25, 0.3) is 10.9 Å². The van der Waals surface area contributed by atoms with Crippen molar-refractivity contribution in [3.05, 3.63) is 70.7 Å². The summed E-state index contributed by atoms with van der Waals surface area (Å²) < 4.78 is 21.0. The molecule has 0 saturated carbocycles. The molecule has 0 spiro atoms. The Balaban J connectivity index is 1.61. The molecule has 0 saturated heterocycles. The van der Waals surface area contributed by atoms with E-state index >= 15 is 0 Å². The fraction of sp³-hybridized carbons (Fsp3) is 0.0909. The summed E-state index contributed by atoms with van der Waals surface area (Å²) in [4.78, 5) is 8.34. The van der Waals surface area contributed by atoms with Gasteiger partial charge >= 0.3 is 0 Å². The average Bonchev–Trinajstić information content (AvgIpc) is 2.78. The molecule has 0 aliphatic carbocycles. The van der Waals surface area contributed by atoms with E-state index in [4.69, 9.17) is 10.3 Å². The molecule has 1 aromatic heterocycles. The Morgan fingerprint density at radius 1 is 1.10 bits per heavy atom. The average molecular weight is 481 g/mol. The number of aryl methyl sites for hydroxylation is 1. The molecule has 9 heteroatoms.